The molecule has 0 aromatic carbocycles. The van der Waals surface area contributed by atoms with E-state index in [9.17, 15) is 9.59 Å². The van der Waals surface area contributed by atoms with E-state index in [1.54, 1.807) is 0 Å². The van der Waals surface area contributed by atoms with E-state index in [0.717, 1.165) is 0 Å². The summed E-state index contributed by atoms with van der Waals surface area (Å²) in [5, 5.41) is 10.8. The van der Waals surface area contributed by atoms with Gasteiger partial charge in [0.2, 0.25) is 5.91 Å². The van der Waals surface area contributed by atoms with Gasteiger partial charge < -0.3 is 130 Å². The summed E-state index contributed by atoms with van der Waals surface area (Å²) in [7, 11) is 0. The van der Waals surface area contributed by atoms with E-state index >= 15 is 0 Å². The fourth-order valence-electron chi connectivity index (χ4n) is 5.67. The second-order valence-corrected chi connectivity index (χ2v) is 16.4. The van der Waals surface area contributed by atoms with E-state index in [0.29, 0.717) is 317 Å². The number of ether oxygens (including phenoxy) is 24. The Morgan fingerprint density at radius 1 is 0.220 bits per heavy atom. The van der Waals surface area contributed by atoms with Crippen LogP contribution in [0.4, 0.5) is 0 Å². The van der Waals surface area contributed by atoms with E-state index in [1.165, 1.54) is 0 Å². The van der Waals surface area contributed by atoms with Gasteiger partial charge in [0, 0.05) is 13.0 Å². The molecule has 29 nitrogen and oxygen atoms in total. The number of carboxylic acids is 1. The largest absolute Gasteiger partial charge is 0.480 e. The van der Waals surface area contributed by atoms with Gasteiger partial charge in [0.15, 0.2) is 0 Å². The van der Waals surface area contributed by atoms with Crippen LogP contribution in [0, 0.1) is 0 Å². The quantitative estimate of drug-likeness (QED) is 0.0611. The number of carbonyl (C=O) groups is 2. The Hall–Kier alpha value is -2.06. The van der Waals surface area contributed by atoms with Gasteiger partial charge in [-0.15, -0.1) is 0 Å². The minimum absolute atomic E-state index is 0.0948. The van der Waals surface area contributed by atoms with Crippen molar-refractivity contribution in [1.29, 1.82) is 0 Å². The fraction of sp³-hybridized carbons (Fsp3) is 0.962. The number of nitrogens with one attached hydrogen (secondary N) is 1. The lowest BCUT2D eigenvalue weighted by Gasteiger charge is -2.09. The summed E-state index contributed by atoms with van der Waals surface area (Å²) in [6, 6.07) is 0. The lowest BCUT2D eigenvalue weighted by Crippen LogP contribution is -2.30. The van der Waals surface area contributed by atoms with Crippen LogP contribution in [0.15, 0.2) is 0 Å². The number of hydrogen-bond acceptors (Lipinski definition) is 27. The molecule has 490 valence electrons. The van der Waals surface area contributed by atoms with E-state index < -0.39 is 12.5 Å². The van der Waals surface area contributed by atoms with Crippen molar-refractivity contribution in [2.24, 2.45) is 5.73 Å². The van der Waals surface area contributed by atoms with E-state index in [2.05, 4.69) is 5.32 Å². The molecule has 0 heterocycles. The molecule has 0 aromatic rings. The minimum atomic E-state index is -1.09. The SMILES string of the molecule is NCCOCCOCCOCCOCCOCCOCCOCCOCCOCCOCCOCCOCCOCCOCCOCCOCCOCCOCCOCCOCCOCCOCCOCCOCCC(=O)NCC(=O)O. The Morgan fingerprint density at radius 3 is 0.463 bits per heavy atom. The van der Waals surface area contributed by atoms with E-state index in [-0.39, 0.29) is 18.9 Å². The standard InChI is InChI=1S/C53H106N2O27/c54-2-4-60-6-8-62-10-12-64-14-16-66-18-20-68-22-24-70-26-28-72-30-32-74-34-36-76-38-40-78-42-44-80-46-48-82-50-49-81-47-45-79-43-41-77-39-37-75-35-33-73-31-29-71-27-25-69-23-21-67-19-17-65-15-13-63-11-9-61-7-5-59-3-1-52(56)55-51-53(57)58/h1-51,54H2,(H,55,56)(H,57,58). The Morgan fingerprint density at radius 2 is 0.341 bits per heavy atom. The van der Waals surface area contributed by atoms with Crippen molar-refractivity contribution in [1.82, 2.24) is 5.32 Å². The third-order valence-corrected chi connectivity index (χ3v) is 9.73. The molecule has 0 aliphatic carbocycles. The van der Waals surface area contributed by atoms with Gasteiger partial charge in [0.05, 0.1) is 317 Å². The molecular formula is C53H106N2O27. The van der Waals surface area contributed by atoms with Crippen LogP contribution in [0.3, 0.4) is 0 Å². The van der Waals surface area contributed by atoms with Gasteiger partial charge in [-0.2, -0.15) is 0 Å². The molecule has 0 bridgehead atoms. The van der Waals surface area contributed by atoms with Crippen LogP contribution < -0.4 is 11.1 Å². The second kappa shape index (κ2) is 75.0. The van der Waals surface area contributed by atoms with Gasteiger partial charge >= 0.3 is 5.97 Å². The Labute approximate surface area is 486 Å². The number of hydrogen-bond donors (Lipinski definition) is 3. The lowest BCUT2D eigenvalue weighted by molar-refractivity contribution is -0.138. The third-order valence-electron chi connectivity index (χ3n) is 9.73. The van der Waals surface area contributed by atoms with Crippen molar-refractivity contribution in [3.63, 3.8) is 0 Å². The number of carboxylic acid groups (broad SMARTS) is 1. The second-order valence-electron chi connectivity index (χ2n) is 16.4. The molecule has 0 aromatic heterocycles. The van der Waals surface area contributed by atoms with Crippen LogP contribution >= 0.6 is 0 Å². The van der Waals surface area contributed by atoms with Gasteiger partial charge in [0.25, 0.3) is 0 Å². The molecule has 29 heteroatoms. The predicted octanol–water partition coefficient (Wildman–Crippen LogP) is -1.07. The van der Waals surface area contributed by atoms with Gasteiger partial charge in [-0.25, -0.2) is 0 Å². The number of amides is 1. The molecule has 4 N–H and O–H groups in total. The molecule has 0 fully saturated rings. The first kappa shape index (κ1) is 79.9. The van der Waals surface area contributed by atoms with Crippen molar-refractivity contribution in [3.05, 3.63) is 0 Å². The van der Waals surface area contributed by atoms with Gasteiger partial charge in [-0.05, 0) is 0 Å². The van der Waals surface area contributed by atoms with Gasteiger partial charge in [-0.3, -0.25) is 9.59 Å². The molecule has 0 radical (unpaired) electrons. The van der Waals surface area contributed by atoms with Gasteiger partial charge in [-0.1, -0.05) is 0 Å². The first-order valence-corrected chi connectivity index (χ1v) is 28.7. The molecule has 0 rings (SSSR count). The first-order valence-electron chi connectivity index (χ1n) is 28.7. The number of rotatable bonds is 76. The summed E-state index contributed by atoms with van der Waals surface area (Å²) in [5.41, 5.74) is 5.34. The topological polar surface area (TPSA) is 314 Å². The van der Waals surface area contributed by atoms with Crippen LogP contribution in [-0.4, -0.2) is 347 Å². The summed E-state index contributed by atoms with van der Waals surface area (Å²) < 4.78 is 131. The number of carbonyl (C=O) groups excluding carboxylic acids is 1. The summed E-state index contributed by atoms with van der Waals surface area (Å²) in [4.78, 5) is 21.7. The monoisotopic (exact) mass is 1200 g/mol. The molecule has 0 spiro atoms. The molecule has 82 heavy (non-hydrogen) atoms. The highest BCUT2D eigenvalue weighted by Crippen LogP contribution is 1.92. The Kier molecular flexibility index (Phi) is 73.2. The zero-order valence-electron chi connectivity index (χ0n) is 49.2. The maximum Gasteiger partial charge on any atom is 0.322 e. The normalized spacial score (nSPS) is 11.6. The van der Waals surface area contributed by atoms with Crippen molar-refractivity contribution in [2.75, 3.05) is 330 Å². The molecule has 0 saturated carbocycles. The van der Waals surface area contributed by atoms with Crippen LogP contribution in [-0.2, 0) is 123 Å². The van der Waals surface area contributed by atoms with E-state index in [4.69, 9.17) is 125 Å². The molecular weight excluding hydrogens is 1100 g/mol. The van der Waals surface area contributed by atoms with Crippen molar-refractivity contribution >= 4 is 11.9 Å². The molecule has 0 atom stereocenters. The molecule has 0 aliphatic rings. The van der Waals surface area contributed by atoms with Crippen LogP contribution in [0.25, 0.3) is 0 Å². The first-order chi connectivity index (χ1) is 40.7. The average molecular weight is 1200 g/mol. The zero-order chi connectivity index (χ0) is 58.9. The maximum absolute atomic E-state index is 11.3. The van der Waals surface area contributed by atoms with E-state index in [1.807, 2.05) is 0 Å². The third kappa shape index (κ3) is 76.0. The summed E-state index contributed by atoms with van der Waals surface area (Å²) in [6.45, 7) is 22.7. The molecule has 0 saturated heterocycles. The molecule has 0 unspecified atom stereocenters. The fourth-order valence-corrected chi connectivity index (χ4v) is 5.67. The number of nitrogens with two attached hydrogens (primary N) is 1. The summed E-state index contributed by atoms with van der Waals surface area (Å²) in [5.74, 6) is -1.46. The van der Waals surface area contributed by atoms with Gasteiger partial charge in [0.1, 0.15) is 6.54 Å². The summed E-state index contributed by atoms with van der Waals surface area (Å²) in [6.07, 6.45) is 0.0948. The smallest absolute Gasteiger partial charge is 0.322 e. The Bertz CT molecular complexity index is 1220. The van der Waals surface area contributed by atoms with Crippen LogP contribution in [0.5, 0.6) is 0 Å². The highest BCUT2D eigenvalue weighted by molar-refractivity contribution is 5.81. The van der Waals surface area contributed by atoms with Crippen molar-refractivity contribution in [3.8, 4) is 0 Å². The molecule has 1 amide bonds. The highest BCUT2D eigenvalue weighted by Gasteiger charge is 2.04. The predicted molar refractivity (Wildman–Crippen MR) is 294 cm³/mol. The number of aliphatic carboxylic acids is 1. The maximum atomic E-state index is 11.3. The van der Waals surface area contributed by atoms with Crippen LogP contribution in [0.1, 0.15) is 6.42 Å². The Balaban J connectivity index is 3.09. The van der Waals surface area contributed by atoms with Crippen molar-refractivity contribution < 1.29 is 128 Å². The highest BCUT2D eigenvalue weighted by atomic mass is 16.6. The molecule has 0 aliphatic heterocycles. The van der Waals surface area contributed by atoms with Crippen molar-refractivity contribution in [2.45, 2.75) is 6.42 Å². The summed E-state index contributed by atoms with van der Waals surface area (Å²) >= 11 is 0. The lowest BCUT2D eigenvalue weighted by atomic mass is 10.4. The van der Waals surface area contributed by atoms with Crippen LogP contribution in [0.2, 0.25) is 0 Å². The zero-order valence-corrected chi connectivity index (χ0v) is 49.2. The minimum Gasteiger partial charge on any atom is -0.480 e. The average Bonchev–Trinajstić information content (AvgIpc) is 3.47.